The number of aromatic nitrogens is 8. The molecule has 0 aliphatic carbocycles. The largest absolute Gasteiger partial charge is 0.452 e. The Morgan fingerprint density at radius 3 is 1.19 bits per heavy atom. The topological polar surface area (TPSA) is 96.5 Å². The molecule has 0 radical (unpaired) electrons. The number of nitrogens with zero attached hydrogens (tertiary/aromatic N) is 8. The molecule has 10 heterocycles. The second kappa shape index (κ2) is 23.8. The van der Waals surface area contributed by atoms with Gasteiger partial charge in [-0.3, -0.25) is 9.13 Å². The summed E-state index contributed by atoms with van der Waals surface area (Å²) in [5.41, 5.74) is 29.2. The molecule has 10 nitrogen and oxygen atoms in total. The maximum Gasteiger partial charge on any atom is 0.236 e. The Hall–Kier alpha value is -16.0. The van der Waals surface area contributed by atoms with Crippen LogP contribution in [0.4, 0.5) is 0 Å². The van der Waals surface area contributed by atoms with Gasteiger partial charge >= 0.3 is 0 Å². The molecule has 0 amide bonds. The van der Waals surface area contributed by atoms with E-state index in [1.54, 1.807) is 0 Å². The predicted octanol–water partition coefficient (Wildman–Crippen LogP) is 28.4. The third-order valence-corrected chi connectivity index (χ3v) is 25.2. The first-order chi connectivity index (χ1) is 58.5. The molecular formula is C108H60N8O2. The van der Waals surface area contributed by atoms with Gasteiger partial charge in [0.25, 0.3) is 0 Å². The molecule has 0 spiro atoms. The monoisotopic (exact) mass is 1500 g/mol. The molecule has 118 heavy (non-hydrogen) atoms. The summed E-state index contributed by atoms with van der Waals surface area (Å²) in [6.45, 7) is 0. The quantitative estimate of drug-likeness (QED) is 0.143. The van der Waals surface area contributed by atoms with Crippen molar-refractivity contribution >= 4 is 175 Å². The van der Waals surface area contributed by atoms with Gasteiger partial charge in [-0.15, -0.1) is 0 Å². The standard InChI is InChI=1S/C108H60N8O2/c1-4-20-61(21-5-1)70-49-53-88-84(55-70)96-92(60-82-76-51-47-73(63-24-8-3-9-25-63)58-90(76)114-86-33-17-13-29-78(86)98(96)103(82)114)116(88)108-110-99(104-100(111-108)79-30-14-18-34-93(79)117-104)68-43-40-66(41-44-68)65-36-38-67(39-37-65)71-48-52-87-83(56-71)95-91(59-81-75-50-46-72(62-22-6-2-7-23-62)57-89(75)113-85-32-16-12-28-77(85)97(95)102(81)113)115(87)107-105-101(80-31-15-19-35-94(80)118-105)109-106(112-107)74-45-42-64-26-10-11-27-69(64)54-74/h1-60H. The van der Waals surface area contributed by atoms with Crippen LogP contribution in [-0.4, -0.2) is 37.9 Å². The number of hydrogen-bond donors (Lipinski definition) is 0. The molecule has 27 aromatic rings. The van der Waals surface area contributed by atoms with Crippen LogP contribution in [0.25, 0.3) is 265 Å². The summed E-state index contributed by atoms with van der Waals surface area (Å²) in [6, 6.07) is 132. The molecule has 544 valence electrons. The molecule has 0 atom stereocenters. The van der Waals surface area contributed by atoms with E-state index in [1.807, 2.05) is 24.3 Å². The van der Waals surface area contributed by atoms with Gasteiger partial charge < -0.3 is 17.6 Å². The number of furan rings is 2. The van der Waals surface area contributed by atoms with Crippen molar-refractivity contribution in [1.29, 1.82) is 0 Å². The highest BCUT2D eigenvalue weighted by molar-refractivity contribution is 6.38. The highest BCUT2D eigenvalue weighted by Crippen LogP contribution is 2.52. The first-order valence-electron chi connectivity index (χ1n) is 40.1. The fraction of sp³-hybridized carbons (Fsp3) is 0. The van der Waals surface area contributed by atoms with E-state index in [4.69, 9.17) is 28.8 Å². The van der Waals surface area contributed by atoms with E-state index < -0.39 is 0 Å². The van der Waals surface area contributed by atoms with Crippen molar-refractivity contribution in [2.24, 2.45) is 0 Å². The van der Waals surface area contributed by atoms with E-state index in [1.165, 1.54) is 82.0 Å². The molecule has 10 heteroatoms. The Bertz CT molecular complexity index is 8980. The van der Waals surface area contributed by atoms with Crippen LogP contribution in [0.15, 0.2) is 373 Å². The van der Waals surface area contributed by atoms with Crippen LogP contribution in [0.3, 0.4) is 0 Å². The summed E-state index contributed by atoms with van der Waals surface area (Å²) >= 11 is 0. The van der Waals surface area contributed by atoms with Crippen LogP contribution in [0.1, 0.15) is 0 Å². The van der Waals surface area contributed by atoms with Crippen LogP contribution in [0, 0.1) is 0 Å². The molecule has 0 unspecified atom stereocenters. The Balaban J connectivity index is 0.624. The SMILES string of the molecule is c1ccc(-c2ccc3c(c2)c2c4c5ccccc5n5c6cc(-c7ccccc7)ccc6c(cc2n3-c2nc(-c3ccc(-c6ccc(-c7ccc8c(c7)c7c9c%10ccccc%10n%10c%11cc(-c%12ccccc%12)ccc%11c(cc7n8-c7nc(-c8ccc%11ccccc%11c8)nc8c7oc7ccccc78)c9%10)cc6)cc3)c3oc6ccccc6c3n2)c45)cc1. The van der Waals surface area contributed by atoms with Crippen molar-refractivity contribution in [2.75, 3.05) is 0 Å². The molecule has 0 N–H and O–H groups in total. The summed E-state index contributed by atoms with van der Waals surface area (Å²) in [6.07, 6.45) is 0. The minimum Gasteiger partial charge on any atom is -0.452 e. The summed E-state index contributed by atoms with van der Waals surface area (Å²) < 4.78 is 23.6. The van der Waals surface area contributed by atoms with Gasteiger partial charge in [-0.1, -0.05) is 273 Å². The summed E-state index contributed by atoms with van der Waals surface area (Å²) in [5, 5.41) is 18.1. The van der Waals surface area contributed by atoms with Gasteiger partial charge in [0, 0.05) is 86.5 Å². The number of benzene rings is 17. The molecule has 0 aliphatic heterocycles. The third kappa shape index (κ3) is 8.88. The maximum absolute atomic E-state index is 7.03. The van der Waals surface area contributed by atoms with E-state index in [9.17, 15) is 0 Å². The predicted molar refractivity (Wildman–Crippen MR) is 486 cm³/mol. The molecule has 27 rings (SSSR count). The maximum atomic E-state index is 7.03. The first kappa shape index (κ1) is 63.5. The van der Waals surface area contributed by atoms with Crippen LogP contribution in [0.2, 0.25) is 0 Å². The van der Waals surface area contributed by atoms with E-state index in [0.717, 1.165) is 148 Å². The zero-order valence-electron chi connectivity index (χ0n) is 63.0. The lowest BCUT2D eigenvalue weighted by Gasteiger charge is -2.11. The minimum absolute atomic E-state index is 0.559. The molecule has 10 aromatic heterocycles. The molecule has 0 aliphatic rings. The van der Waals surface area contributed by atoms with Crippen molar-refractivity contribution in [3.63, 3.8) is 0 Å². The zero-order chi connectivity index (χ0) is 76.7. The van der Waals surface area contributed by atoms with Crippen LogP contribution in [0.5, 0.6) is 0 Å². The van der Waals surface area contributed by atoms with Crippen molar-refractivity contribution in [3.8, 4) is 90.0 Å². The molecular weight excluding hydrogens is 1440 g/mol. The van der Waals surface area contributed by atoms with E-state index in [2.05, 4.69) is 358 Å². The van der Waals surface area contributed by atoms with Crippen molar-refractivity contribution in [3.05, 3.63) is 364 Å². The minimum atomic E-state index is 0.559. The molecule has 0 saturated heterocycles. The number of hydrogen-bond acceptors (Lipinski definition) is 6. The lowest BCUT2D eigenvalue weighted by molar-refractivity contribution is 0.662. The fourth-order valence-electron chi connectivity index (χ4n) is 19.9. The molecule has 17 aromatic carbocycles. The lowest BCUT2D eigenvalue weighted by atomic mass is 9.97. The number of fused-ring (bicyclic) bond motifs is 27. The van der Waals surface area contributed by atoms with Gasteiger partial charge in [-0.05, 0) is 157 Å². The van der Waals surface area contributed by atoms with Crippen LogP contribution < -0.4 is 0 Å². The average molecular weight is 1500 g/mol. The summed E-state index contributed by atoms with van der Waals surface area (Å²) in [7, 11) is 0. The van der Waals surface area contributed by atoms with Gasteiger partial charge in [0.1, 0.15) is 27.9 Å². The second-order valence-corrected chi connectivity index (χ2v) is 31.5. The zero-order valence-corrected chi connectivity index (χ0v) is 63.0. The number of para-hydroxylation sites is 4. The smallest absolute Gasteiger partial charge is 0.236 e. The Morgan fingerprint density at radius 1 is 0.212 bits per heavy atom. The molecule has 0 fully saturated rings. The van der Waals surface area contributed by atoms with E-state index >= 15 is 0 Å². The van der Waals surface area contributed by atoms with Crippen LogP contribution in [-0.2, 0) is 0 Å². The van der Waals surface area contributed by atoms with Crippen molar-refractivity contribution < 1.29 is 8.83 Å². The highest BCUT2D eigenvalue weighted by atomic mass is 16.3. The molecule has 0 saturated carbocycles. The van der Waals surface area contributed by atoms with Crippen molar-refractivity contribution in [2.45, 2.75) is 0 Å². The normalized spacial score (nSPS) is 12.4. The third-order valence-electron chi connectivity index (χ3n) is 25.2. The van der Waals surface area contributed by atoms with Gasteiger partial charge in [0.15, 0.2) is 22.8 Å². The Labute approximate surface area is 671 Å². The van der Waals surface area contributed by atoms with Crippen molar-refractivity contribution in [1.82, 2.24) is 37.9 Å². The van der Waals surface area contributed by atoms with Gasteiger partial charge in [0.05, 0.1) is 55.2 Å². The number of rotatable bonds is 9. The Morgan fingerprint density at radius 2 is 0.627 bits per heavy atom. The highest BCUT2D eigenvalue weighted by Gasteiger charge is 2.31. The van der Waals surface area contributed by atoms with Gasteiger partial charge in [-0.25, -0.2) is 19.9 Å². The fourth-order valence-corrected chi connectivity index (χ4v) is 19.9. The second-order valence-electron chi connectivity index (χ2n) is 31.5. The summed E-state index contributed by atoms with van der Waals surface area (Å²) in [5.74, 6) is 1.85. The summed E-state index contributed by atoms with van der Waals surface area (Å²) in [4.78, 5) is 22.5. The van der Waals surface area contributed by atoms with Gasteiger partial charge in [-0.2, -0.15) is 0 Å². The van der Waals surface area contributed by atoms with E-state index in [-0.39, 0.29) is 0 Å². The lowest BCUT2D eigenvalue weighted by Crippen LogP contribution is -2.03. The van der Waals surface area contributed by atoms with Gasteiger partial charge in [0.2, 0.25) is 5.95 Å². The van der Waals surface area contributed by atoms with Crippen LogP contribution >= 0.6 is 0 Å². The molecule has 0 bridgehead atoms. The average Bonchev–Trinajstić information content (AvgIpc) is 1.51. The first-order valence-corrected chi connectivity index (χ1v) is 40.1. The Kier molecular flexibility index (Phi) is 12.8. The van der Waals surface area contributed by atoms with E-state index in [0.29, 0.717) is 34.5 Å².